The molecule has 0 amide bonds. The van der Waals surface area contributed by atoms with Crippen LogP contribution in [0.15, 0.2) is 12.1 Å². The fourth-order valence-electron chi connectivity index (χ4n) is 3.32. The van der Waals surface area contributed by atoms with Crippen LogP contribution in [0.4, 0.5) is 5.82 Å². The highest BCUT2D eigenvalue weighted by Gasteiger charge is 2.41. The third kappa shape index (κ3) is 1.75. The van der Waals surface area contributed by atoms with E-state index in [1.807, 2.05) is 19.1 Å². The summed E-state index contributed by atoms with van der Waals surface area (Å²) >= 11 is 0. The Morgan fingerprint density at radius 2 is 2.00 bits per heavy atom. The van der Waals surface area contributed by atoms with Crippen LogP contribution in [0.1, 0.15) is 36.9 Å². The van der Waals surface area contributed by atoms with Gasteiger partial charge in [-0.05, 0) is 44.7 Å². The molecule has 0 aliphatic carbocycles. The third-order valence-corrected chi connectivity index (χ3v) is 4.09. The minimum Gasteiger partial charge on any atom is -0.393 e. The number of aromatic nitrogens is 1. The summed E-state index contributed by atoms with van der Waals surface area (Å²) in [6, 6.07) is 6.66. The second kappa shape index (κ2) is 4.25. The zero-order valence-electron chi connectivity index (χ0n) is 10.5. The molecular weight excluding hydrogens is 226 g/mol. The summed E-state index contributed by atoms with van der Waals surface area (Å²) in [5.41, 5.74) is 1.59. The van der Waals surface area contributed by atoms with Crippen LogP contribution in [0, 0.1) is 18.3 Å². The number of nitriles is 1. The molecule has 4 nitrogen and oxygen atoms in total. The van der Waals surface area contributed by atoms with Gasteiger partial charge in [-0.1, -0.05) is 0 Å². The van der Waals surface area contributed by atoms with Gasteiger partial charge >= 0.3 is 0 Å². The van der Waals surface area contributed by atoms with Crippen LogP contribution in [-0.2, 0) is 0 Å². The van der Waals surface area contributed by atoms with E-state index in [2.05, 4.69) is 16.0 Å². The zero-order chi connectivity index (χ0) is 12.7. The highest BCUT2D eigenvalue weighted by atomic mass is 16.3. The van der Waals surface area contributed by atoms with Crippen molar-refractivity contribution in [1.82, 2.24) is 4.98 Å². The molecule has 1 aromatic heterocycles. The van der Waals surface area contributed by atoms with Crippen molar-refractivity contribution >= 4 is 5.82 Å². The lowest BCUT2D eigenvalue weighted by Crippen LogP contribution is -2.45. The first-order valence-electron chi connectivity index (χ1n) is 6.53. The van der Waals surface area contributed by atoms with Gasteiger partial charge in [-0.3, -0.25) is 0 Å². The molecule has 2 fully saturated rings. The van der Waals surface area contributed by atoms with E-state index < -0.39 is 0 Å². The van der Waals surface area contributed by atoms with Crippen LogP contribution < -0.4 is 4.90 Å². The number of aliphatic hydroxyl groups excluding tert-OH is 1. The molecule has 2 saturated heterocycles. The van der Waals surface area contributed by atoms with Crippen molar-refractivity contribution in [2.24, 2.45) is 0 Å². The van der Waals surface area contributed by atoms with Gasteiger partial charge < -0.3 is 10.0 Å². The van der Waals surface area contributed by atoms with Gasteiger partial charge in [0.1, 0.15) is 11.9 Å². The molecular formula is C14H17N3O. The average molecular weight is 243 g/mol. The Bertz CT molecular complexity index is 494. The number of fused-ring (bicyclic) bond motifs is 2. The maximum Gasteiger partial charge on any atom is 0.147 e. The van der Waals surface area contributed by atoms with E-state index in [1.54, 1.807) is 0 Å². The molecule has 4 heteroatoms. The topological polar surface area (TPSA) is 60.2 Å². The minimum atomic E-state index is -0.186. The van der Waals surface area contributed by atoms with Crippen molar-refractivity contribution in [2.45, 2.75) is 50.8 Å². The van der Waals surface area contributed by atoms with Crippen LogP contribution >= 0.6 is 0 Å². The largest absolute Gasteiger partial charge is 0.393 e. The SMILES string of the molecule is Cc1ccc(C#N)c(N2C3CCC2CC(O)C3)n1. The van der Waals surface area contributed by atoms with E-state index in [1.165, 1.54) is 0 Å². The van der Waals surface area contributed by atoms with Crippen LogP contribution in [0.2, 0.25) is 0 Å². The van der Waals surface area contributed by atoms with Gasteiger partial charge in [0, 0.05) is 17.8 Å². The standard InChI is InChI=1S/C14H17N3O/c1-9-2-3-10(8-15)14(16-9)17-11-4-5-12(17)7-13(18)6-11/h2-3,11-13,18H,4-7H2,1H3. The van der Waals surface area contributed by atoms with Crippen LogP contribution in [0.5, 0.6) is 0 Å². The smallest absolute Gasteiger partial charge is 0.147 e. The van der Waals surface area contributed by atoms with Gasteiger partial charge in [0.15, 0.2) is 0 Å². The Morgan fingerprint density at radius 3 is 2.61 bits per heavy atom. The molecule has 0 aromatic carbocycles. The van der Waals surface area contributed by atoms with E-state index in [0.717, 1.165) is 37.2 Å². The first-order valence-corrected chi connectivity index (χ1v) is 6.53. The maximum atomic E-state index is 9.82. The van der Waals surface area contributed by atoms with Crippen molar-refractivity contribution in [3.05, 3.63) is 23.4 Å². The summed E-state index contributed by atoms with van der Waals surface area (Å²) in [5, 5.41) is 19.0. The number of hydrogen-bond donors (Lipinski definition) is 1. The minimum absolute atomic E-state index is 0.186. The zero-order valence-corrected chi connectivity index (χ0v) is 10.5. The van der Waals surface area contributed by atoms with Crippen molar-refractivity contribution in [1.29, 1.82) is 5.26 Å². The third-order valence-electron chi connectivity index (χ3n) is 4.09. The fraction of sp³-hybridized carbons (Fsp3) is 0.571. The molecule has 3 heterocycles. The Morgan fingerprint density at radius 1 is 1.33 bits per heavy atom. The molecule has 3 rings (SSSR count). The Balaban J connectivity index is 2.01. The lowest BCUT2D eigenvalue weighted by atomic mass is 9.99. The second-order valence-electron chi connectivity index (χ2n) is 5.35. The van der Waals surface area contributed by atoms with E-state index in [4.69, 9.17) is 0 Å². The summed E-state index contributed by atoms with van der Waals surface area (Å²) < 4.78 is 0. The average Bonchev–Trinajstić information content (AvgIpc) is 2.61. The molecule has 2 unspecified atom stereocenters. The monoisotopic (exact) mass is 243 g/mol. The van der Waals surface area contributed by atoms with Gasteiger partial charge in [-0.25, -0.2) is 4.98 Å². The number of pyridine rings is 1. The maximum absolute atomic E-state index is 9.82. The highest BCUT2D eigenvalue weighted by Crippen LogP contribution is 2.39. The molecule has 94 valence electrons. The molecule has 0 saturated carbocycles. The Hall–Kier alpha value is -1.60. The van der Waals surface area contributed by atoms with E-state index >= 15 is 0 Å². The first kappa shape index (κ1) is 11.5. The predicted octanol–water partition coefficient (Wildman–Crippen LogP) is 1.75. The second-order valence-corrected chi connectivity index (χ2v) is 5.35. The van der Waals surface area contributed by atoms with E-state index in [9.17, 15) is 10.4 Å². The van der Waals surface area contributed by atoms with Gasteiger partial charge in [0.2, 0.25) is 0 Å². The molecule has 2 atom stereocenters. The quantitative estimate of drug-likeness (QED) is 0.816. The molecule has 1 N–H and O–H groups in total. The summed E-state index contributed by atoms with van der Waals surface area (Å²) in [5.74, 6) is 0.817. The van der Waals surface area contributed by atoms with Crippen LogP contribution in [0.3, 0.4) is 0 Å². The number of anilines is 1. The number of aliphatic hydroxyl groups is 1. The summed E-state index contributed by atoms with van der Waals surface area (Å²) in [4.78, 5) is 6.83. The highest BCUT2D eigenvalue weighted by molar-refractivity contribution is 5.57. The van der Waals surface area contributed by atoms with Crippen LogP contribution in [0.25, 0.3) is 0 Å². The molecule has 1 aromatic rings. The van der Waals surface area contributed by atoms with Crippen molar-refractivity contribution in [2.75, 3.05) is 4.90 Å². The van der Waals surface area contributed by atoms with Crippen molar-refractivity contribution in [3.63, 3.8) is 0 Å². The van der Waals surface area contributed by atoms with Gasteiger partial charge in [0.05, 0.1) is 11.7 Å². The lowest BCUT2D eigenvalue weighted by molar-refractivity contribution is 0.126. The van der Waals surface area contributed by atoms with Crippen LogP contribution in [-0.4, -0.2) is 28.3 Å². The molecule has 2 aliphatic heterocycles. The van der Waals surface area contributed by atoms with Gasteiger partial charge in [0.25, 0.3) is 0 Å². The summed E-state index contributed by atoms with van der Waals surface area (Å²) in [6.07, 6.45) is 3.62. The van der Waals surface area contributed by atoms with Gasteiger partial charge in [-0.2, -0.15) is 5.26 Å². The van der Waals surface area contributed by atoms with Gasteiger partial charge in [-0.15, -0.1) is 0 Å². The summed E-state index contributed by atoms with van der Waals surface area (Å²) in [7, 11) is 0. The Labute approximate surface area is 107 Å². The molecule has 2 aliphatic rings. The van der Waals surface area contributed by atoms with E-state index in [-0.39, 0.29) is 6.10 Å². The number of rotatable bonds is 1. The number of piperidine rings is 1. The first-order chi connectivity index (χ1) is 8.69. The molecule has 2 bridgehead atoms. The van der Waals surface area contributed by atoms with Crippen molar-refractivity contribution < 1.29 is 5.11 Å². The van der Waals surface area contributed by atoms with Crippen molar-refractivity contribution in [3.8, 4) is 6.07 Å². The number of hydrogen-bond acceptors (Lipinski definition) is 4. The lowest BCUT2D eigenvalue weighted by Gasteiger charge is -2.38. The fourth-order valence-corrected chi connectivity index (χ4v) is 3.32. The molecule has 0 spiro atoms. The normalized spacial score (nSPS) is 30.3. The molecule has 0 radical (unpaired) electrons. The number of aryl methyl sites for hydroxylation is 1. The molecule has 18 heavy (non-hydrogen) atoms. The number of nitrogens with zero attached hydrogens (tertiary/aromatic N) is 3. The van der Waals surface area contributed by atoms with E-state index in [0.29, 0.717) is 17.6 Å². The Kier molecular flexibility index (Phi) is 2.71. The predicted molar refractivity (Wildman–Crippen MR) is 68.2 cm³/mol. The summed E-state index contributed by atoms with van der Waals surface area (Å²) in [6.45, 7) is 1.95.